The second kappa shape index (κ2) is 8.62. The maximum Gasteiger partial charge on any atom is 0.251 e. The van der Waals surface area contributed by atoms with Crippen LogP contribution in [0.15, 0.2) is 54.6 Å². The lowest BCUT2D eigenvalue weighted by Crippen LogP contribution is -2.41. The van der Waals surface area contributed by atoms with Gasteiger partial charge < -0.3 is 10.1 Å². The van der Waals surface area contributed by atoms with Crippen LogP contribution in [0.3, 0.4) is 0 Å². The molecule has 4 nitrogen and oxygen atoms in total. The van der Waals surface area contributed by atoms with Gasteiger partial charge in [-0.15, -0.1) is 0 Å². The molecule has 2 aromatic carbocycles. The van der Waals surface area contributed by atoms with Crippen molar-refractivity contribution >= 4 is 5.91 Å². The summed E-state index contributed by atoms with van der Waals surface area (Å²) in [6.45, 7) is 5.00. The molecule has 1 heterocycles. The summed E-state index contributed by atoms with van der Waals surface area (Å²) in [7, 11) is 0. The maximum atomic E-state index is 12.5. The van der Waals surface area contributed by atoms with E-state index in [2.05, 4.69) is 22.3 Å². The van der Waals surface area contributed by atoms with E-state index in [-0.39, 0.29) is 5.91 Å². The first kappa shape index (κ1) is 16.7. The summed E-state index contributed by atoms with van der Waals surface area (Å²) in [5, 5.41) is 3.05. The van der Waals surface area contributed by atoms with Gasteiger partial charge in [0.25, 0.3) is 5.91 Å². The summed E-state index contributed by atoms with van der Waals surface area (Å²) in [6, 6.07) is 18.1. The Kier molecular flexibility index (Phi) is 5.99. The number of hydrogen-bond acceptors (Lipinski definition) is 3. The zero-order valence-corrected chi connectivity index (χ0v) is 13.9. The van der Waals surface area contributed by atoms with Crippen molar-refractivity contribution in [2.75, 3.05) is 39.4 Å². The third-order valence-electron chi connectivity index (χ3n) is 4.32. The zero-order chi connectivity index (χ0) is 16.6. The molecule has 1 amide bonds. The maximum absolute atomic E-state index is 12.5. The van der Waals surface area contributed by atoms with Crippen LogP contribution in [0.2, 0.25) is 0 Å². The molecule has 0 spiro atoms. The average Bonchev–Trinajstić information content (AvgIpc) is 2.64. The van der Waals surface area contributed by atoms with Crippen LogP contribution in [0.4, 0.5) is 0 Å². The van der Waals surface area contributed by atoms with E-state index in [1.165, 1.54) is 5.56 Å². The van der Waals surface area contributed by atoms with Gasteiger partial charge in [0, 0.05) is 31.7 Å². The van der Waals surface area contributed by atoms with Gasteiger partial charge in [-0.2, -0.15) is 0 Å². The lowest BCUT2D eigenvalue weighted by Gasteiger charge is -2.26. The molecule has 4 heteroatoms. The number of nitrogens with zero attached hydrogens (tertiary/aromatic N) is 1. The lowest BCUT2D eigenvalue weighted by atomic mass is 9.99. The smallest absolute Gasteiger partial charge is 0.251 e. The molecule has 0 saturated carbocycles. The number of carbonyl (C=O) groups is 1. The Hall–Kier alpha value is -2.17. The van der Waals surface area contributed by atoms with E-state index in [1.54, 1.807) is 0 Å². The van der Waals surface area contributed by atoms with Crippen LogP contribution in [0.25, 0.3) is 0 Å². The topological polar surface area (TPSA) is 41.6 Å². The van der Waals surface area contributed by atoms with Gasteiger partial charge in [-0.25, -0.2) is 0 Å². The molecular weight excluding hydrogens is 300 g/mol. The fraction of sp³-hybridized carbons (Fsp3) is 0.350. The van der Waals surface area contributed by atoms with Crippen LogP contribution in [-0.2, 0) is 11.2 Å². The first-order valence-corrected chi connectivity index (χ1v) is 8.53. The number of carbonyl (C=O) groups excluding carboxylic acids is 1. The normalized spacial score (nSPS) is 15.2. The molecule has 0 atom stereocenters. The van der Waals surface area contributed by atoms with Crippen molar-refractivity contribution in [2.45, 2.75) is 6.42 Å². The third kappa shape index (κ3) is 4.66. The van der Waals surface area contributed by atoms with Gasteiger partial charge in [0.15, 0.2) is 0 Å². The molecule has 0 radical (unpaired) electrons. The highest BCUT2D eigenvalue weighted by molar-refractivity contribution is 5.95. The van der Waals surface area contributed by atoms with Crippen LogP contribution < -0.4 is 5.32 Å². The second-order valence-electron chi connectivity index (χ2n) is 6.03. The number of nitrogens with one attached hydrogen (secondary N) is 1. The van der Waals surface area contributed by atoms with Crippen molar-refractivity contribution in [2.24, 2.45) is 0 Å². The number of morpholine rings is 1. The van der Waals surface area contributed by atoms with Crippen molar-refractivity contribution in [1.82, 2.24) is 10.2 Å². The van der Waals surface area contributed by atoms with Gasteiger partial charge in [-0.05, 0) is 23.6 Å². The molecule has 1 fully saturated rings. The second-order valence-corrected chi connectivity index (χ2v) is 6.03. The van der Waals surface area contributed by atoms with Gasteiger partial charge in [-0.1, -0.05) is 48.5 Å². The molecule has 1 saturated heterocycles. The summed E-state index contributed by atoms with van der Waals surface area (Å²) in [5.74, 6) is 0.00907. The molecule has 1 N–H and O–H groups in total. The Bertz CT molecular complexity index is 652. The highest BCUT2D eigenvalue weighted by atomic mass is 16.5. The Morgan fingerprint density at radius 1 is 1.00 bits per heavy atom. The predicted molar refractivity (Wildman–Crippen MR) is 95.3 cm³/mol. The number of rotatable bonds is 6. The minimum atomic E-state index is 0.00907. The largest absolute Gasteiger partial charge is 0.379 e. The van der Waals surface area contributed by atoms with Gasteiger partial charge >= 0.3 is 0 Å². The van der Waals surface area contributed by atoms with E-state index in [9.17, 15) is 4.79 Å². The minimum absolute atomic E-state index is 0.00907. The van der Waals surface area contributed by atoms with Crippen molar-refractivity contribution < 1.29 is 9.53 Å². The van der Waals surface area contributed by atoms with E-state index in [4.69, 9.17) is 4.74 Å². The van der Waals surface area contributed by atoms with E-state index in [0.29, 0.717) is 6.54 Å². The average molecular weight is 324 g/mol. The lowest BCUT2D eigenvalue weighted by molar-refractivity contribution is 0.0383. The Morgan fingerprint density at radius 2 is 1.71 bits per heavy atom. The highest BCUT2D eigenvalue weighted by Gasteiger charge is 2.13. The molecule has 0 unspecified atom stereocenters. The fourth-order valence-corrected chi connectivity index (χ4v) is 2.96. The summed E-state index contributed by atoms with van der Waals surface area (Å²) < 4.78 is 5.34. The van der Waals surface area contributed by atoms with Crippen LogP contribution >= 0.6 is 0 Å². The van der Waals surface area contributed by atoms with Crippen LogP contribution in [0.1, 0.15) is 21.5 Å². The van der Waals surface area contributed by atoms with E-state index in [0.717, 1.165) is 50.4 Å². The molecule has 24 heavy (non-hydrogen) atoms. The Morgan fingerprint density at radius 3 is 2.50 bits per heavy atom. The molecule has 126 valence electrons. The molecule has 0 aromatic heterocycles. The molecule has 2 aromatic rings. The molecule has 1 aliphatic rings. The Labute approximate surface area is 143 Å². The summed E-state index contributed by atoms with van der Waals surface area (Å²) in [5.41, 5.74) is 3.04. The molecule has 0 bridgehead atoms. The van der Waals surface area contributed by atoms with Crippen molar-refractivity contribution in [3.63, 3.8) is 0 Å². The molecular formula is C20H24N2O2. The first-order valence-electron chi connectivity index (χ1n) is 8.53. The van der Waals surface area contributed by atoms with Crippen molar-refractivity contribution in [3.05, 3.63) is 71.3 Å². The number of benzene rings is 2. The van der Waals surface area contributed by atoms with Crippen molar-refractivity contribution in [1.29, 1.82) is 0 Å². The number of amides is 1. The van der Waals surface area contributed by atoms with Gasteiger partial charge in [0.2, 0.25) is 0 Å². The molecule has 3 rings (SSSR count). The first-order chi connectivity index (χ1) is 11.8. The van der Waals surface area contributed by atoms with Crippen molar-refractivity contribution in [3.8, 4) is 0 Å². The molecule has 0 aliphatic carbocycles. The van der Waals surface area contributed by atoms with Crippen LogP contribution in [0, 0.1) is 0 Å². The van der Waals surface area contributed by atoms with Gasteiger partial charge in [0.1, 0.15) is 0 Å². The van der Waals surface area contributed by atoms with E-state index < -0.39 is 0 Å². The van der Waals surface area contributed by atoms with E-state index in [1.807, 2.05) is 42.5 Å². The van der Waals surface area contributed by atoms with E-state index >= 15 is 0 Å². The monoisotopic (exact) mass is 324 g/mol. The fourth-order valence-electron chi connectivity index (χ4n) is 2.96. The third-order valence-corrected chi connectivity index (χ3v) is 4.32. The number of hydrogen-bond donors (Lipinski definition) is 1. The SMILES string of the molecule is O=C(NCCN1CCOCC1)c1ccccc1Cc1ccccc1. The highest BCUT2D eigenvalue weighted by Crippen LogP contribution is 2.14. The van der Waals surface area contributed by atoms with Crippen LogP contribution in [0.5, 0.6) is 0 Å². The summed E-state index contributed by atoms with van der Waals surface area (Å²) in [4.78, 5) is 14.9. The van der Waals surface area contributed by atoms with Crippen LogP contribution in [-0.4, -0.2) is 50.2 Å². The standard InChI is InChI=1S/C20H24N2O2/c23-20(21-10-11-22-12-14-24-15-13-22)19-9-5-4-8-18(19)16-17-6-2-1-3-7-17/h1-9H,10-16H2,(H,21,23). The number of ether oxygens (including phenoxy) is 1. The summed E-state index contributed by atoms with van der Waals surface area (Å²) in [6.07, 6.45) is 0.772. The van der Waals surface area contributed by atoms with Gasteiger partial charge in [-0.3, -0.25) is 9.69 Å². The summed E-state index contributed by atoms with van der Waals surface area (Å²) >= 11 is 0. The van der Waals surface area contributed by atoms with Gasteiger partial charge in [0.05, 0.1) is 13.2 Å². The Balaban J connectivity index is 1.58. The zero-order valence-electron chi connectivity index (χ0n) is 13.9. The minimum Gasteiger partial charge on any atom is -0.379 e. The molecule has 1 aliphatic heterocycles. The quantitative estimate of drug-likeness (QED) is 0.887. The predicted octanol–water partition coefficient (Wildman–Crippen LogP) is 2.34.